The van der Waals surface area contributed by atoms with E-state index in [1.54, 1.807) is 0 Å². The predicted molar refractivity (Wildman–Crippen MR) is 55.0 cm³/mol. The van der Waals surface area contributed by atoms with Crippen molar-refractivity contribution in [3.63, 3.8) is 0 Å². The van der Waals surface area contributed by atoms with Gasteiger partial charge in [-0.3, -0.25) is 0 Å². The van der Waals surface area contributed by atoms with Gasteiger partial charge in [-0.15, -0.1) is 0 Å². The lowest BCUT2D eigenvalue weighted by Crippen LogP contribution is -2.44. The first kappa shape index (κ1) is 16.7. The van der Waals surface area contributed by atoms with E-state index in [2.05, 4.69) is 4.74 Å². The van der Waals surface area contributed by atoms with Crippen LogP contribution in [0.2, 0.25) is 0 Å². The van der Waals surface area contributed by atoms with Gasteiger partial charge in [-0.05, 0) is 0 Å². The number of rotatable bonds is 4. The van der Waals surface area contributed by atoms with Crippen LogP contribution in [0.1, 0.15) is 11.1 Å². The summed E-state index contributed by atoms with van der Waals surface area (Å²) in [4.78, 5) is 0. The first-order valence-corrected chi connectivity index (χ1v) is 5.28. The Labute approximate surface area is 109 Å². The van der Waals surface area contributed by atoms with Crippen molar-refractivity contribution in [2.45, 2.75) is 31.6 Å². The first-order chi connectivity index (χ1) is 9.07. The maximum atomic E-state index is 13.6. The molecule has 0 aromatic heterocycles. The van der Waals surface area contributed by atoms with Crippen LogP contribution >= 0.6 is 0 Å². The van der Waals surface area contributed by atoms with Crippen molar-refractivity contribution < 1.29 is 35.5 Å². The average Bonchev–Trinajstić information content (AvgIpc) is 2.28. The zero-order valence-corrected chi connectivity index (χ0v) is 9.85. The number of hydrogen-bond donors (Lipinski definition) is 1. The molecule has 2 nitrogen and oxygen atoms in total. The molecule has 0 radical (unpaired) electrons. The molecule has 0 atom stereocenters. The van der Waals surface area contributed by atoms with Gasteiger partial charge in [-0.1, -0.05) is 18.2 Å². The molecule has 0 aliphatic heterocycles. The van der Waals surface area contributed by atoms with Crippen LogP contribution in [0.3, 0.4) is 0 Å². The quantitative estimate of drug-likeness (QED) is 0.866. The van der Waals surface area contributed by atoms with E-state index in [-0.39, 0.29) is 12.1 Å². The van der Waals surface area contributed by atoms with Crippen LogP contribution in [0.4, 0.5) is 30.7 Å². The van der Waals surface area contributed by atoms with Gasteiger partial charge in [0, 0.05) is 17.7 Å². The van der Waals surface area contributed by atoms with E-state index in [9.17, 15) is 30.7 Å². The summed E-state index contributed by atoms with van der Waals surface area (Å²) in [6.45, 7) is -1.40. The van der Waals surface area contributed by atoms with Gasteiger partial charge >= 0.3 is 12.4 Å². The minimum Gasteiger partial charge on any atom is -0.356 e. The Balaban J connectivity index is 2.89. The second kappa shape index (κ2) is 5.96. The van der Waals surface area contributed by atoms with E-state index >= 15 is 0 Å². The van der Waals surface area contributed by atoms with Crippen LogP contribution in [-0.4, -0.2) is 18.5 Å². The molecule has 1 aromatic rings. The number of ether oxygens (including phenoxy) is 1. The van der Waals surface area contributed by atoms with Crippen molar-refractivity contribution >= 4 is 0 Å². The van der Waals surface area contributed by atoms with Gasteiger partial charge < -0.3 is 10.5 Å². The molecule has 1 aromatic carbocycles. The zero-order chi connectivity index (χ0) is 15.6. The topological polar surface area (TPSA) is 35.2 Å². The summed E-state index contributed by atoms with van der Waals surface area (Å²) in [5.74, 6) is -0.974. The second-order valence-corrected chi connectivity index (χ2v) is 3.87. The van der Waals surface area contributed by atoms with Crippen LogP contribution < -0.4 is 5.73 Å². The molecule has 0 bridgehead atoms. The summed E-state index contributed by atoms with van der Waals surface area (Å²) in [6, 6.07) is 3.56. The van der Waals surface area contributed by atoms with Gasteiger partial charge in [0.05, 0.1) is 6.61 Å². The molecular weight excluding hydrogens is 295 g/mol. The summed E-state index contributed by atoms with van der Waals surface area (Å²) >= 11 is 0. The van der Waals surface area contributed by atoms with E-state index in [0.717, 1.165) is 6.07 Å². The van der Waals surface area contributed by atoms with Crippen molar-refractivity contribution in [1.29, 1.82) is 0 Å². The molecule has 2 N–H and O–H groups in total. The van der Waals surface area contributed by atoms with Crippen LogP contribution in [0.5, 0.6) is 0 Å². The molecule has 0 fully saturated rings. The molecule has 0 saturated heterocycles. The Bertz CT molecular complexity index is 441. The Morgan fingerprint density at radius 2 is 1.50 bits per heavy atom. The van der Waals surface area contributed by atoms with Crippen molar-refractivity contribution in [3.8, 4) is 0 Å². The van der Waals surface area contributed by atoms with Gasteiger partial charge in [0.1, 0.15) is 5.82 Å². The van der Waals surface area contributed by atoms with Crippen molar-refractivity contribution in [3.05, 3.63) is 35.1 Å². The number of benzene rings is 1. The third-order valence-corrected chi connectivity index (χ3v) is 2.38. The van der Waals surface area contributed by atoms with E-state index in [1.165, 1.54) is 12.1 Å². The largest absolute Gasteiger partial charge is 0.423 e. The maximum absolute atomic E-state index is 13.6. The van der Waals surface area contributed by atoms with Gasteiger partial charge in [-0.25, -0.2) is 4.39 Å². The molecule has 114 valence electrons. The summed E-state index contributed by atoms with van der Waals surface area (Å²) in [5.41, 5.74) is 4.72. The molecule has 0 heterocycles. The molecular formula is C11H10F7NO. The fourth-order valence-electron chi connectivity index (χ4n) is 1.45. The average molecular weight is 305 g/mol. The molecule has 1 rings (SSSR count). The molecule has 0 amide bonds. The fourth-order valence-corrected chi connectivity index (χ4v) is 1.45. The molecule has 9 heteroatoms. The lowest BCUT2D eigenvalue weighted by atomic mass is 10.1. The summed E-state index contributed by atoms with van der Waals surface area (Å²) < 4.78 is 90.6. The first-order valence-electron chi connectivity index (χ1n) is 5.28. The van der Waals surface area contributed by atoms with Crippen LogP contribution in [0.15, 0.2) is 18.2 Å². The molecule has 0 saturated carbocycles. The summed E-state index contributed by atoms with van der Waals surface area (Å²) in [7, 11) is 0. The highest BCUT2D eigenvalue weighted by atomic mass is 19.4. The normalized spacial score (nSPS) is 13.1. The molecule has 0 aliphatic rings. The zero-order valence-electron chi connectivity index (χ0n) is 9.85. The lowest BCUT2D eigenvalue weighted by molar-refractivity contribution is -0.324. The van der Waals surface area contributed by atoms with E-state index in [1.807, 2.05) is 0 Å². The smallest absolute Gasteiger partial charge is 0.356 e. The van der Waals surface area contributed by atoms with Gasteiger partial charge in [0.15, 0.2) is 0 Å². The predicted octanol–water partition coefficient (Wildman–Crippen LogP) is 3.29. The molecule has 0 unspecified atom stereocenters. The highest BCUT2D eigenvalue weighted by Gasteiger charge is 2.58. The summed E-state index contributed by atoms with van der Waals surface area (Å²) in [5, 5.41) is 0. The Hall–Kier alpha value is -1.35. The summed E-state index contributed by atoms with van der Waals surface area (Å²) in [6.07, 6.45) is -15.2. The molecule has 20 heavy (non-hydrogen) atoms. The van der Waals surface area contributed by atoms with Crippen molar-refractivity contribution in [2.24, 2.45) is 5.73 Å². The van der Waals surface area contributed by atoms with Gasteiger partial charge in [-0.2, -0.15) is 26.3 Å². The minimum absolute atomic E-state index is 0.0262. The number of hydrogen-bond acceptors (Lipinski definition) is 2. The third-order valence-electron chi connectivity index (χ3n) is 2.38. The minimum atomic E-state index is -5.62. The van der Waals surface area contributed by atoms with Crippen LogP contribution in [0.25, 0.3) is 0 Å². The van der Waals surface area contributed by atoms with E-state index in [0.29, 0.717) is 0 Å². The maximum Gasteiger partial charge on any atom is 0.423 e. The SMILES string of the molecule is NCc1cccc(COC(C(F)(F)F)C(F)(F)F)c1F. The standard InChI is InChI=1S/C11H10F7NO/c12-8-6(4-19)2-1-3-7(8)5-20-9(10(13,14)15)11(16,17)18/h1-3,9H,4-5,19H2. The van der Waals surface area contributed by atoms with E-state index in [4.69, 9.17) is 5.73 Å². The highest BCUT2D eigenvalue weighted by molar-refractivity contribution is 5.25. The van der Waals surface area contributed by atoms with Crippen LogP contribution in [-0.2, 0) is 17.9 Å². The number of nitrogens with two attached hydrogens (primary N) is 1. The molecule has 0 aliphatic carbocycles. The van der Waals surface area contributed by atoms with Crippen molar-refractivity contribution in [1.82, 2.24) is 0 Å². The van der Waals surface area contributed by atoms with Crippen molar-refractivity contribution in [2.75, 3.05) is 0 Å². The van der Waals surface area contributed by atoms with Gasteiger partial charge in [0.25, 0.3) is 0 Å². The third kappa shape index (κ3) is 4.07. The number of alkyl halides is 6. The Kier molecular flexibility index (Phi) is 4.98. The number of halogens is 7. The monoisotopic (exact) mass is 305 g/mol. The fraction of sp³-hybridized carbons (Fsp3) is 0.455. The van der Waals surface area contributed by atoms with Crippen LogP contribution in [0, 0.1) is 5.82 Å². The Morgan fingerprint density at radius 3 is 1.95 bits per heavy atom. The Morgan fingerprint density at radius 1 is 1.00 bits per heavy atom. The molecule has 0 spiro atoms. The highest BCUT2D eigenvalue weighted by Crippen LogP contribution is 2.36. The lowest BCUT2D eigenvalue weighted by Gasteiger charge is -2.23. The second-order valence-electron chi connectivity index (χ2n) is 3.87. The van der Waals surface area contributed by atoms with Gasteiger partial charge in [0.2, 0.25) is 6.10 Å². The van der Waals surface area contributed by atoms with E-state index < -0.39 is 36.4 Å².